The number of aliphatic hydroxyl groups is 1. The molecule has 2 aromatic carbocycles. The molecule has 182 valence electrons. The Morgan fingerprint density at radius 2 is 2.00 bits per heavy atom. The summed E-state index contributed by atoms with van der Waals surface area (Å²) < 4.78 is 11.5. The molecule has 3 heterocycles. The van der Waals surface area contributed by atoms with Crippen molar-refractivity contribution in [3.05, 3.63) is 107 Å². The number of nitrogens with zero attached hydrogens (tertiary/aromatic N) is 2. The highest BCUT2D eigenvalue weighted by molar-refractivity contribution is 6.46. The smallest absolute Gasteiger partial charge is 0.295 e. The zero-order valence-electron chi connectivity index (χ0n) is 19.9. The number of likely N-dealkylation sites (tertiary alicyclic amines) is 1. The standard InChI is InChI=1S/C29H26N2O5/c1-3-13-35-23-6-4-5-20(16-23)26-25(27(32)21-7-8-24-22(15-21)14-18(2)36-24)28(33)29(34)31(26)17-19-9-11-30-12-10-19/h3-12,15-16,18,26,32H,1,13-14,17H2,2H3/b27-25+/t18-,26-/m0/s1. The molecule has 3 aromatic rings. The van der Waals surface area contributed by atoms with Gasteiger partial charge in [0.15, 0.2) is 0 Å². The molecule has 0 saturated carbocycles. The maximum Gasteiger partial charge on any atom is 0.295 e. The van der Waals surface area contributed by atoms with E-state index in [1.54, 1.807) is 60.9 Å². The molecule has 0 unspecified atom stereocenters. The van der Waals surface area contributed by atoms with Crippen LogP contribution in [0.5, 0.6) is 11.5 Å². The molecule has 5 rings (SSSR count). The lowest BCUT2D eigenvalue weighted by Crippen LogP contribution is -2.29. The van der Waals surface area contributed by atoms with Crippen molar-refractivity contribution in [1.29, 1.82) is 0 Å². The van der Waals surface area contributed by atoms with Crippen LogP contribution in [0.15, 0.2) is 85.2 Å². The fourth-order valence-electron chi connectivity index (χ4n) is 4.73. The van der Waals surface area contributed by atoms with Crippen molar-refractivity contribution >= 4 is 17.4 Å². The SMILES string of the molecule is C=CCOc1cccc([C@H]2/C(=C(\O)c3ccc4c(c3)C[C@H](C)O4)C(=O)C(=O)N2Cc2ccncc2)c1. The number of aromatic nitrogens is 1. The number of aliphatic hydroxyl groups excluding tert-OH is 1. The molecule has 2 atom stereocenters. The molecule has 1 N–H and O–H groups in total. The fourth-order valence-corrected chi connectivity index (χ4v) is 4.73. The molecule has 1 saturated heterocycles. The molecule has 0 aliphatic carbocycles. The topological polar surface area (TPSA) is 89.0 Å². The molecule has 0 radical (unpaired) electrons. The number of rotatable bonds is 7. The summed E-state index contributed by atoms with van der Waals surface area (Å²) >= 11 is 0. The van der Waals surface area contributed by atoms with Gasteiger partial charge in [0.05, 0.1) is 11.6 Å². The lowest BCUT2D eigenvalue weighted by molar-refractivity contribution is -0.140. The van der Waals surface area contributed by atoms with Crippen LogP contribution in [0.4, 0.5) is 0 Å². The minimum Gasteiger partial charge on any atom is -0.507 e. The second-order valence-electron chi connectivity index (χ2n) is 8.91. The summed E-state index contributed by atoms with van der Waals surface area (Å²) in [5, 5.41) is 11.4. The van der Waals surface area contributed by atoms with Gasteiger partial charge in [0.2, 0.25) is 0 Å². The summed E-state index contributed by atoms with van der Waals surface area (Å²) in [5.41, 5.74) is 2.94. The molecule has 36 heavy (non-hydrogen) atoms. The number of ketones is 1. The van der Waals surface area contributed by atoms with Crippen molar-refractivity contribution in [3.8, 4) is 11.5 Å². The number of amides is 1. The Hall–Kier alpha value is -4.39. The predicted octanol–water partition coefficient (Wildman–Crippen LogP) is 4.59. The van der Waals surface area contributed by atoms with Crippen LogP contribution in [0.25, 0.3) is 5.76 Å². The Balaban J connectivity index is 1.62. The molecular formula is C29H26N2O5. The van der Waals surface area contributed by atoms with Gasteiger partial charge in [-0.25, -0.2) is 0 Å². The molecule has 2 aliphatic rings. The van der Waals surface area contributed by atoms with Crippen LogP contribution in [0.2, 0.25) is 0 Å². The summed E-state index contributed by atoms with van der Waals surface area (Å²) in [6.45, 7) is 6.15. The number of carbonyl (C=O) groups excluding carboxylic acids is 2. The van der Waals surface area contributed by atoms with Gasteiger partial charge in [-0.05, 0) is 66.1 Å². The molecule has 1 fully saturated rings. The number of hydrogen-bond acceptors (Lipinski definition) is 6. The normalized spacial score (nSPS) is 20.2. The second kappa shape index (κ2) is 9.70. The molecule has 0 spiro atoms. The first-order valence-corrected chi connectivity index (χ1v) is 11.8. The van der Waals surface area contributed by atoms with Gasteiger partial charge >= 0.3 is 0 Å². The minimum atomic E-state index is -0.797. The maximum absolute atomic E-state index is 13.4. The Morgan fingerprint density at radius 1 is 1.19 bits per heavy atom. The Labute approximate surface area is 209 Å². The molecule has 1 amide bonds. The van der Waals surface area contributed by atoms with Gasteiger partial charge < -0.3 is 19.5 Å². The second-order valence-corrected chi connectivity index (χ2v) is 8.91. The zero-order valence-corrected chi connectivity index (χ0v) is 19.9. The summed E-state index contributed by atoms with van der Waals surface area (Å²) in [4.78, 5) is 32.1. The highest BCUT2D eigenvalue weighted by atomic mass is 16.5. The van der Waals surface area contributed by atoms with E-state index in [1.165, 1.54) is 4.90 Å². The molecule has 7 heteroatoms. The van der Waals surface area contributed by atoms with Crippen LogP contribution in [-0.2, 0) is 22.6 Å². The Kier molecular flexibility index (Phi) is 6.29. The van der Waals surface area contributed by atoms with E-state index in [1.807, 2.05) is 19.1 Å². The van der Waals surface area contributed by atoms with Crippen LogP contribution in [0.1, 0.15) is 35.2 Å². The highest BCUT2D eigenvalue weighted by Crippen LogP contribution is 2.42. The first-order chi connectivity index (χ1) is 17.5. The molecular weight excluding hydrogens is 456 g/mol. The van der Waals surface area contributed by atoms with Crippen molar-refractivity contribution in [2.24, 2.45) is 0 Å². The molecule has 7 nitrogen and oxygen atoms in total. The quantitative estimate of drug-likeness (QED) is 0.229. The summed E-state index contributed by atoms with van der Waals surface area (Å²) in [6.07, 6.45) is 5.66. The van der Waals surface area contributed by atoms with E-state index in [4.69, 9.17) is 9.47 Å². The fraction of sp³-hybridized carbons (Fsp3) is 0.207. The third-order valence-electron chi connectivity index (χ3n) is 6.35. The predicted molar refractivity (Wildman–Crippen MR) is 134 cm³/mol. The van der Waals surface area contributed by atoms with Gasteiger partial charge in [0, 0.05) is 30.9 Å². The number of fused-ring (bicyclic) bond motifs is 1. The molecule has 1 aromatic heterocycles. The number of carbonyl (C=O) groups is 2. The van der Waals surface area contributed by atoms with Crippen LogP contribution in [0, 0.1) is 0 Å². The third-order valence-corrected chi connectivity index (χ3v) is 6.35. The lowest BCUT2D eigenvalue weighted by atomic mass is 9.94. The number of benzene rings is 2. The summed E-state index contributed by atoms with van der Waals surface area (Å²) in [6, 6.07) is 15.3. The average molecular weight is 483 g/mol. The van der Waals surface area contributed by atoms with E-state index < -0.39 is 17.7 Å². The average Bonchev–Trinajstić information content (AvgIpc) is 3.39. The minimum absolute atomic E-state index is 0.0432. The van der Waals surface area contributed by atoms with E-state index in [0.29, 0.717) is 29.9 Å². The Bertz CT molecular complexity index is 1370. The van der Waals surface area contributed by atoms with Gasteiger partial charge in [-0.15, -0.1) is 0 Å². The van der Waals surface area contributed by atoms with Crippen molar-refractivity contribution in [3.63, 3.8) is 0 Å². The van der Waals surface area contributed by atoms with E-state index in [2.05, 4.69) is 11.6 Å². The van der Waals surface area contributed by atoms with E-state index in [-0.39, 0.29) is 24.0 Å². The van der Waals surface area contributed by atoms with Crippen LogP contribution < -0.4 is 9.47 Å². The van der Waals surface area contributed by atoms with Gasteiger partial charge in [-0.1, -0.05) is 24.8 Å². The first kappa shape index (κ1) is 23.4. The largest absolute Gasteiger partial charge is 0.507 e. The van der Waals surface area contributed by atoms with Crippen molar-refractivity contribution in [2.75, 3.05) is 6.61 Å². The number of ether oxygens (including phenoxy) is 2. The summed E-state index contributed by atoms with van der Waals surface area (Å²) in [7, 11) is 0. The molecule has 0 bridgehead atoms. The van der Waals surface area contributed by atoms with E-state index in [9.17, 15) is 14.7 Å². The number of hydrogen-bond donors (Lipinski definition) is 1. The lowest BCUT2D eigenvalue weighted by Gasteiger charge is -2.25. The van der Waals surface area contributed by atoms with Crippen molar-refractivity contribution < 1.29 is 24.2 Å². The van der Waals surface area contributed by atoms with Crippen molar-refractivity contribution in [2.45, 2.75) is 32.0 Å². The van der Waals surface area contributed by atoms with Crippen molar-refractivity contribution in [1.82, 2.24) is 9.88 Å². The van der Waals surface area contributed by atoms with Crippen LogP contribution >= 0.6 is 0 Å². The third kappa shape index (κ3) is 4.35. The molecule has 2 aliphatic heterocycles. The summed E-state index contributed by atoms with van der Waals surface area (Å²) in [5.74, 6) is -0.273. The van der Waals surface area contributed by atoms with Crippen LogP contribution in [-0.4, -0.2) is 39.4 Å². The van der Waals surface area contributed by atoms with Gasteiger partial charge in [-0.3, -0.25) is 14.6 Å². The van der Waals surface area contributed by atoms with Crippen LogP contribution in [0.3, 0.4) is 0 Å². The monoisotopic (exact) mass is 482 g/mol. The Morgan fingerprint density at radius 3 is 2.78 bits per heavy atom. The maximum atomic E-state index is 13.4. The number of Topliss-reactive ketones (excluding diaryl/α,β-unsaturated/α-hetero) is 1. The zero-order chi connectivity index (χ0) is 25.2. The number of pyridine rings is 1. The highest BCUT2D eigenvalue weighted by Gasteiger charge is 2.46. The van der Waals surface area contributed by atoms with Gasteiger partial charge in [-0.2, -0.15) is 0 Å². The van der Waals surface area contributed by atoms with E-state index in [0.717, 1.165) is 16.9 Å². The van der Waals surface area contributed by atoms with Gasteiger partial charge in [0.1, 0.15) is 30.0 Å². The van der Waals surface area contributed by atoms with E-state index >= 15 is 0 Å². The van der Waals surface area contributed by atoms with Gasteiger partial charge in [0.25, 0.3) is 11.7 Å². The first-order valence-electron chi connectivity index (χ1n) is 11.8.